The van der Waals surface area contributed by atoms with Gasteiger partial charge in [-0.05, 0) is 26.8 Å². The Bertz CT molecular complexity index is 936. The summed E-state index contributed by atoms with van der Waals surface area (Å²) in [7, 11) is 0. The average molecular weight is 309 g/mol. The van der Waals surface area contributed by atoms with Gasteiger partial charge < -0.3 is 4.57 Å². The van der Waals surface area contributed by atoms with Crippen LogP contribution in [0.3, 0.4) is 0 Å². The number of hydrogen-bond acceptors (Lipinski definition) is 4. The highest BCUT2D eigenvalue weighted by Gasteiger charge is 2.05. The van der Waals surface area contributed by atoms with E-state index < -0.39 is 0 Å². The van der Waals surface area contributed by atoms with Crippen molar-refractivity contribution < 1.29 is 0 Å². The fourth-order valence-corrected chi connectivity index (χ4v) is 2.50. The minimum Gasteiger partial charge on any atom is -0.347 e. The minimum absolute atomic E-state index is 0.155. The summed E-state index contributed by atoms with van der Waals surface area (Å²) >= 11 is 0. The molecular formula is C17H19N5O. The highest BCUT2D eigenvalue weighted by Crippen LogP contribution is 2.19. The lowest BCUT2D eigenvalue weighted by molar-refractivity contribution is 0.797. The molecule has 6 heteroatoms. The summed E-state index contributed by atoms with van der Waals surface area (Å²) in [6.45, 7) is 6.55. The molecule has 2 heterocycles. The van der Waals surface area contributed by atoms with Gasteiger partial charge in [0, 0.05) is 40.5 Å². The highest BCUT2D eigenvalue weighted by atomic mass is 16.1. The molecule has 3 aromatic rings. The lowest BCUT2D eigenvalue weighted by Crippen LogP contribution is -2.15. The Balaban J connectivity index is 1.88. The predicted octanol–water partition coefficient (Wildman–Crippen LogP) is 2.81. The van der Waals surface area contributed by atoms with Crippen LogP contribution in [0.15, 0.2) is 40.4 Å². The van der Waals surface area contributed by atoms with Crippen LogP contribution in [0, 0.1) is 13.8 Å². The Morgan fingerprint density at radius 1 is 1.35 bits per heavy atom. The number of fused-ring (bicyclic) bond motifs is 1. The number of hydrogen-bond donors (Lipinski definition) is 2. The maximum Gasteiger partial charge on any atom is 0.255 e. The molecule has 6 nitrogen and oxygen atoms in total. The zero-order chi connectivity index (χ0) is 16.4. The molecule has 2 aromatic heterocycles. The van der Waals surface area contributed by atoms with Gasteiger partial charge in [-0.2, -0.15) is 5.10 Å². The number of rotatable bonds is 4. The first-order valence-electron chi connectivity index (χ1n) is 7.54. The third-order valence-electron chi connectivity index (χ3n) is 3.93. The number of nitrogens with one attached hydrogen (secondary N) is 2. The van der Waals surface area contributed by atoms with E-state index in [0.717, 1.165) is 17.5 Å². The van der Waals surface area contributed by atoms with E-state index in [0.29, 0.717) is 17.2 Å². The van der Waals surface area contributed by atoms with Crippen LogP contribution in [0.25, 0.3) is 10.9 Å². The topological polar surface area (TPSA) is 75.1 Å². The van der Waals surface area contributed by atoms with Crippen molar-refractivity contribution in [1.29, 1.82) is 0 Å². The largest absolute Gasteiger partial charge is 0.347 e. The number of aryl methyl sites for hydroxylation is 2. The molecule has 2 N–H and O–H groups in total. The summed E-state index contributed by atoms with van der Waals surface area (Å²) in [5.41, 5.74) is 6.13. The molecule has 0 aliphatic carbocycles. The van der Waals surface area contributed by atoms with E-state index >= 15 is 0 Å². The summed E-state index contributed by atoms with van der Waals surface area (Å²) in [5, 5.41) is 5.34. The zero-order valence-corrected chi connectivity index (χ0v) is 13.4. The first-order chi connectivity index (χ1) is 11.1. The number of aromatic amines is 1. The smallest absolute Gasteiger partial charge is 0.255 e. The molecule has 1 aromatic carbocycles. The van der Waals surface area contributed by atoms with Crippen molar-refractivity contribution >= 4 is 23.1 Å². The van der Waals surface area contributed by atoms with E-state index in [-0.39, 0.29) is 5.56 Å². The number of H-pyrrole nitrogens is 1. The second-order valence-electron chi connectivity index (χ2n) is 5.38. The highest BCUT2D eigenvalue weighted by molar-refractivity contribution is 5.99. The Hall–Kier alpha value is -2.89. The van der Waals surface area contributed by atoms with Crippen LogP contribution >= 0.6 is 0 Å². The molecule has 0 aliphatic rings. The molecule has 0 radical (unpaired) electrons. The fourth-order valence-electron chi connectivity index (χ4n) is 2.50. The first-order valence-corrected chi connectivity index (χ1v) is 7.54. The van der Waals surface area contributed by atoms with Crippen LogP contribution in [-0.2, 0) is 6.54 Å². The van der Waals surface area contributed by atoms with Gasteiger partial charge in [0.15, 0.2) is 0 Å². The summed E-state index contributed by atoms with van der Waals surface area (Å²) in [5.74, 6) is 0.341. The predicted molar refractivity (Wildman–Crippen MR) is 93.2 cm³/mol. The van der Waals surface area contributed by atoms with Crippen molar-refractivity contribution in [2.45, 2.75) is 27.3 Å². The van der Waals surface area contributed by atoms with E-state index in [9.17, 15) is 4.79 Å². The van der Waals surface area contributed by atoms with E-state index in [1.165, 1.54) is 5.52 Å². The van der Waals surface area contributed by atoms with Crippen LogP contribution in [0.5, 0.6) is 0 Å². The number of benzene rings is 1. The molecule has 0 amide bonds. The van der Waals surface area contributed by atoms with Gasteiger partial charge in [0.05, 0.1) is 6.21 Å². The Morgan fingerprint density at radius 2 is 2.13 bits per heavy atom. The third kappa shape index (κ3) is 2.88. The van der Waals surface area contributed by atoms with Gasteiger partial charge in [-0.25, -0.2) is 10.4 Å². The number of aromatic nitrogens is 3. The van der Waals surface area contributed by atoms with Gasteiger partial charge in [-0.3, -0.25) is 9.78 Å². The standard InChI is InChI=1S/C17H19N5O/c1-4-22-10-13(14-7-5-6-8-15(14)22)9-18-21-17-19-12(3)11(2)16(23)20-17/h5-10H,4H2,1-3H3,(H2,19,20,21,23)/b18-9-. The molecule has 0 spiro atoms. The number of anilines is 1. The second kappa shape index (κ2) is 6.08. The van der Waals surface area contributed by atoms with E-state index in [2.05, 4.69) is 50.3 Å². The Kier molecular flexibility index (Phi) is 3.97. The monoisotopic (exact) mass is 309 g/mol. The molecular weight excluding hydrogens is 290 g/mol. The Morgan fingerprint density at radius 3 is 2.87 bits per heavy atom. The third-order valence-corrected chi connectivity index (χ3v) is 3.93. The van der Waals surface area contributed by atoms with Gasteiger partial charge >= 0.3 is 0 Å². The van der Waals surface area contributed by atoms with E-state index in [4.69, 9.17) is 0 Å². The molecule has 0 atom stereocenters. The summed E-state index contributed by atoms with van der Waals surface area (Å²) in [4.78, 5) is 18.6. The normalized spacial score (nSPS) is 11.4. The SMILES string of the molecule is CCn1cc(/C=N\Nc2nc(C)c(C)c(=O)[nH]2)c2ccccc21. The van der Waals surface area contributed by atoms with Crippen LogP contribution in [0.4, 0.5) is 5.95 Å². The molecule has 0 aliphatic heterocycles. The Labute approximate surface area is 133 Å². The van der Waals surface area contributed by atoms with Crippen LogP contribution in [-0.4, -0.2) is 20.7 Å². The van der Waals surface area contributed by atoms with E-state index in [1.54, 1.807) is 20.1 Å². The lowest BCUT2D eigenvalue weighted by atomic mass is 10.2. The molecule has 23 heavy (non-hydrogen) atoms. The number of para-hydroxylation sites is 1. The van der Waals surface area contributed by atoms with Gasteiger partial charge in [-0.1, -0.05) is 18.2 Å². The zero-order valence-electron chi connectivity index (χ0n) is 13.4. The van der Waals surface area contributed by atoms with Crippen molar-refractivity contribution in [2.24, 2.45) is 5.10 Å². The number of hydrazone groups is 1. The van der Waals surface area contributed by atoms with Crippen LogP contribution in [0.1, 0.15) is 23.7 Å². The van der Waals surface area contributed by atoms with Crippen molar-refractivity contribution in [3.05, 3.63) is 57.6 Å². The molecule has 118 valence electrons. The average Bonchev–Trinajstić information content (AvgIpc) is 2.91. The van der Waals surface area contributed by atoms with Crippen molar-refractivity contribution in [2.75, 3.05) is 5.43 Å². The number of nitrogens with zero attached hydrogens (tertiary/aromatic N) is 3. The molecule has 0 saturated heterocycles. The van der Waals surface area contributed by atoms with Crippen molar-refractivity contribution in [3.63, 3.8) is 0 Å². The summed E-state index contributed by atoms with van der Waals surface area (Å²) in [6, 6.07) is 8.19. The lowest BCUT2D eigenvalue weighted by Gasteiger charge is -2.02. The molecule has 3 rings (SSSR count). The van der Waals surface area contributed by atoms with Crippen molar-refractivity contribution in [1.82, 2.24) is 14.5 Å². The van der Waals surface area contributed by atoms with Crippen LogP contribution in [0.2, 0.25) is 0 Å². The van der Waals surface area contributed by atoms with Crippen LogP contribution < -0.4 is 11.0 Å². The molecule has 0 unspecified atom stereocenters. The van der Waals surface area contributed by atoms with Gasteiger partial charge in [0.1, 0.15) is 0 Å². The van der Waals surface area contributed by atoms with Gasteiger partial charge in [0.25, 0.3) is 5.56 Å². The summed E-state index contributed by atoms with van der Waals surface area (Å²) in [6.07, 6.45) is 3.80. The quantitative estimate of drug-likeness (QED) is 0.575. The first kappa shape index (κ1) is 15.0. The maximum atomic E-state index is 11.7. The van der Waals surface area contributed by atoms with E-state index in [1.807, 2.05) is 12.1 Å². The second-order valence-corrected chi connectivity index (χ2v) is 5.38. The minimum atomic E-state index is -0.155. The molecule has 0 saturated carbocycles. The summed E-state index contributed by atoms with van der Waals surface area (Å²) < 4.78 is 2.17. The maximum absolute atomic E-state index is 11.7. The fraction of sp³-hybridized carbons (Fsp3) is 0.235. The molecule has 0 fully saturated rings. The van der Waals surface area contributed by atoms with Gasteiger partial charge in [0.2, 0.25) is 5.95 Å². The molecule has 0 bridgehead atoms. The van der Waals surface area contributed by atoms with Crippen molar-refractivity contribution in [3.8, 4) is 0 Å². The van der Waals surface area contributed by atoms with Gasteiger partial charge in [-0.15, -0.1) is 0 Å².